The Labute approximate surface area is 204 Å². The number of carbonyl (C=O) groups is 1. The molecule has 0 fully saturated rings. The number of fused-ring (bicyclic) bond motifs is 4. The van der Waals surface area contributed by atoms with Gasteiger partial charge in [0.1, 0.15) is 6.07 Å². The first-order valence-corrected chi connectivity index (χ1v) is 11.4. The number of aromatic nitrogens is 1. The fourth-order valence-electron chi connectivity index (χ4n) is 4.40. The molecule has 6 rings (SSSR count). The van der Waals surface area contributed by atoms with E-state index in [1.165, 1.54) is 0 Å². The number of hydrogen-bond donors (Lipinski definition) is 0. The Balaban J connectivity index is 1.62. The van der Waals surface area contributed by atoms with Crippen molar-refractivity contribution in [1.82, 2.24) is 4.98 Å². The molecule has 0 radical (unpaired) electrons. The maximum atomic E-state index is 13.5. The quantitative estimate of drug-likeness (QED) is 0.279. The van der Waals surface area contributed by atoms with Gasteiger partial charge in [0, 0.05) is 21.2 Å². The summed E-state index contributed by atoms with van der Waals surface area (Å²) in [7, 11) is 0. The van der Waals surface area contributed by atoms with Crippen molar-refractivity contribution in [1.29, 1.82) is 5.26 Å². The SMILES string of the molecule is N#Cc1c(/C=C/c2cccc(Br)c2)nc2c(c1-c1ccc3c(c1)OCO3)C(=O)c1ccccc1-2. The summed E-state index contributed by atoms with van der Waals surface area (Å²) in [4.78, 5) is 18.3. The summed E-state index contributed by atoms with van der Waals surface area (Å²) < 4.78 is 12.0. The van der Waals surface area contributed by atoms with Crippen molar-refractivity contribution in [2.75, 3.05) is 6.79 Å². The first kappa shape index (κ1) is 20.4. The molecule has 1 aromatic heterocycles. The topological polar surface area (TPSA) is 72.2 Å². The summed E-state index contributed by atoms with van der Waals surface area (Å²) in [5, 5.41) is 10.2. The van der Waals surface area contributed by atoms with E-state index >= 15 is 0 Å². The summed E-state index contributed by atoms with van der Waals surface area (Å²) in [6.07, 6.45) is 3.73. The van der Waals surface area contributed by atoms with Gasteiger partial charge in [0.15, 0.2) is 17.3 Å². The van der Waals surface area contributed by atoms with Crippen LogP contribution in [0.5, 0.6) is 11.5 Å². The second kappa shape index (κ2) is 7.98. The van der Waals surface area contributed by atoms with Crippen LogP contribution in [0.25, 0.3) is 34.5 Å². The largest absolute Gasteiger partial charge is 0.454 e. The third kappa shape index (κ3) is 3.21. The zero-order chi connectivity index (χ0) is 23.2. The molecule has 162 valence electrons. The number of hydrogen-bond acceptors (Lipinski definition) is 5. The van der Waals surface area contributed by atoms with E-state index in [2.05, 4.69) is 22.0 Å². The molecule has 3 aromatic carbocycles. The molecule has 1 aliphatic heterocycles. The van der Waals surface area contributed by atoms with Crippen molar-refractivity contribution in [2.45, 2.75) is 0 Å². The highest BCUT2D eigenvalue weighted by atomic mass is 79.9. The monoisotopic (exact) mass is 506 g/mol. The van der Waals surface area contributed by atoms with Crippen LogP contribution in [0, 0.1) is 11.3 Å². The van der Waals surface area contributed by atoms with Gasteiger partial charge in [-0.05, 0) is 41.5 Å². The molecule has 0 saturated carbocycles. The lowest BCUT2D eigenvalue weighted by Crippen LogP contribution is -2.04. The molecule has 34 heavy (non-hydrogen) atoms. The summed E-state index contributed by atoms with van der Waals surface area (Å²) in [6.45, 7) is 0.142. The van der Waals surface area contributed by atoms with Gasteiger partial charge in [0.25, 0.3) is 0 Å². The highest BCUT2D eigenvalue weighted by Gasteiger charge is 2.34. The van der Waals surface area contributed by atoms with E-state index in [1.807, 2.05) is 66.7 Å². The summed E-state index contributed by atoms with van der Waals surface area (Å²) in [5.41, 5.74) is 5.44. The van der Waals surface area contributed by atoms with Crippen molar-refractivity contribution in [3.8, 4) is 40.0 Å². The van der Waals surface area contributed by atoms with Gasteiger partial charge in [-0.25, -0.2) is 4.98 Å². The van der Waals surface area contributed by atoms with Gasteiger partial charge in [-0.1, -0.05) is 64.5 Å². The van der Waals surface area contributed by atoms with Gasteiger partial charge in [0.2, 0.25) is 6.79 Å². The lowest BCUT2D eigenvalue weighted by atomic mass is 9.91. The number of ether oxygens (including phenoxy) is 2. The van der Waals surface area contributed by atoms with Gasteiger partial charge in [-0.15, -0.1) is 0 Å². The number of ketones is 1. The predicted octanol–water partition coefficient (Wildman–Crippen LogP) is 6.49. The van der Waals surface area contributed by atoms with Gasteiger partial charge in [-0.3, -0.25) is 4.79 Å². The molecule has 0 unspecified atom stereocenters. The molecule has 5 nitrogen and oxygen atoms in total. The molecule has 6 heteroatoms. The van der Waals surface area contributed by atoms with Crippen LogP contribution in [0.15, 0.2) is 71.2 Å². The molecule has 0 bridgehead atoms. The average molecular weight is 507 g/mol. The van der Waals surface area contributed by atoms with Crippen LogP contribution in [-0.2, 0) is 0 Å². The van der Waals surface area contributed by atoms with Crippen molar-refractivity contribution >= 4 is 33.9 Å². The van der Waals surface area contributed by atoms with Crippen LogP contribution >= 0.6 is 15.9 Å². The van der Waals surface area contributed by atoms with Gasteiger partial charge >= 0.3 is 0 Å². The normalized spacial score (nSPS) is 13.1. The number of rotatable bonds is 3. The second-order valence-corrected chi connectivity index (χ2v) is 8.83. The molecule has 4 aromatic rings. The first-order valence-electron chi connectivity index (χ1n) is 10.6. The number of halogens is 1. The van der Waals surface area contributed by atoms with Gasteiger partial charge < -0.3 is 9.47 Å². The van der Waals surface area contributed by atoms with Crippen LogP contribution < -0.4 is 9.47 Å². The molecule has 2 heterocycles. The van der Waals surface area contributed by atoms with E-state index < -0.39 is 0 Å². The smallest absolute Gasteiger partial charge is 0.231 e. The van der Waals surface area contributed by atoms with Crippen LogP contribution in [0.1, 0.15) is 32.7 Å². The number of carbonyl (C=O) groups excluding carboxylic acids is 1. The second-order valence-electron chi connectivity index (χ2n) is 7.91. The molecule has 1 aliphatic carbocycles. The molecule has 0 saturated heterocycles. The lowest BCUT2D eigenvalue weighted by molar-refractivity contribution is 0.104. The fraction of sp³-hybridized carbons (Fsp3) is 0.0357. The molecule has 0 atom stereocenters. The molecule has 0 amide bonds. The van der Waals surface area contributed by atoms with Gasteiger partial charge in [0.05, 0.1) is 22.5 Å². The Bertz CT molecular complexity index is 1580. The van der Waals surface area contributed by atoms with Crippen molar-refractivity contribution < 1.29 is 14.3 Å². The number of benzene rings is 3. The van der Waals surface area contributed by atoms with Crippen LogP contribution in [0.3, 0.4) is 0 Å². The van der Waals surface area contributed by atoms with Crippen molar-refractivity contribution in [2.24, 2.45) is 0 Å². The molecular formula is C28H15BrN2O3. The summed E-state index contributed by atoms with van der Waals surface area (Å²) in [5.74, 6) is 1.09. The van der Waals surface area contributed by atoms with Crippen LogP contribution in [0.4, 0.5) is 0 Å². The van der Waals surface area contributed by atoms with E-state index in [0.717, 1.165) is 15.6 Å². The fourth-order valence-corrected chi connectivity index (χ4v) is 4.82. The Morgan fingerprint density at radius 1 is 0.912 bits per heavy atom. The molecule has 0 N–H and O–H groups in total. The maximum absolute atomic E-state index is 13.5. The molecular weight excluding hydrogens is 492 g/mol. The minimum atomic E-state index is -0.134. The van der Waals surface area contributed by atoms with Crippen LogP contribution in [-0.4, -0.2) is 17.6 Å². The highest BCUT2D eigenvalue weighted by molar-refractivity contribution is 9.10. The van der Waals surface area contributed by atoms with E-state index in [1.54, 1.807) is 12.1 Å². The zero-order valence-electron chi connectivity index (χ0n) is 17.7. The van der Waals surface area contributed by atoms with E-state index in [0.29, 0.717) is 50.7 Å². The Hall–Kier alpha value is -4.21. The number of nitriles is 1. The molecule has 0 spiro atoms. The van der Waals surface area contributed by atoms with E-state index in [4.69, 9.17) is 14.5 Å². The van der Waals surface area contributed by atoms with E-state index in [-0.39, 0.29) is 12.6 Å². The minimum absolute atomic E-state index is 0.134. The van der Waals surface area contributed by atoms with Gasteiger partial charge in [-0.2, -0.15) is 5.26 Å². The van der Waals surface area contributed by atoms with Crippen molar-refractivity contribution in [3.05, 3.63) is 99.2 Å². The number of nitrogens with zero attached hydrogens (tertiary/aromatic N) is 2. The zero-order valence-corrected chi connectivity index (χ0v) is 19.3. The maximum Gasteiger partial charge on any atom is 0.231 e. The average Bonchev–Trinajstić information content (AvgIpc) is 3.44. The first-order chi connectivity index (χ1) is 16.6. The minimum Gasteiger partial charge on any atom is -0.454 e. The summed E-state index contributed by atoms with van der Waals surface area (Å²) in [6, 6.07) is 23.0. The Kier molecular flexibility index (Phi) is 4.79. The lowest BCUT2D eigenvalue weighted by Gasteiger charge is -2.13. The van der Waals surface area contributed by atoms with E-state index in [9.17, 15) is 10.1 Å². The van der Waals surface area contributed by atoms with Crippen LogP contribution in [0.2, 0.25) is 0 Å². The third-order valence-corrected chi connectivity index (χ3v) is 6.43. The Morgan fingerprint density at radius 2 is 1.74 bits per heavy atom. The predicted molar refractivity (Wildman–Crippen MR) is 132 cm³/mol. The van der Waals surface area contributed by atoms with Crippen molar-refractivity contribution in [3.63, 3.8) is 0 Å². The molecule has 2 aliphatic rings. The summed E-state index contributed by atoms with van der Waals surface area (Å²) >= 11 is 3.49. The highest BCUT2D eigenvalue weighted by Crippen LogP contribution is 2.45. The number of pyridine rings is 1. The third-order valence-electron chi connectivity index (χ3n) is 5.93. The Morgan fingerprint density at radius 3 is 2.56 bits per heavy atom. The standard InChI is InChI=1S/C28H15BrN2O3/c29-18-5-3-4-16(12-18)8-10-22-21(14-30)25(17-9-11-23-24(13-17)34-15-33-23)26-27(31-22)19-6-1-2-7-20(19)28(26)32/h1-13H,15H2/b10-8+.